The molecule has 0 N–H and O–H groups in total. The Bertz CT molecular complexity index is 1280. The standard InChI is InChI=1S/C17H24O4.C16H22O4.2CO2/c1-5-17(4)14(18-11-12-9-7-6-8-10-12)13-15(21-17)20-16(2,3)19-13;1-4-12-13(17-10-11-8-6-5-7-9-11)14-15(18-12)20-16(2,3)19-14;2*2-1-3/h6-10,13-15H,5,11H2,1-4H3;5-9,12-15H,4,10H2,1-3H3;;/t13-,14?,15-,17+;12-,13?,14+,15-;;/m01../s1. The molecule has 0 aromatic heterocycles. The van der Waals surface area contributed by atoms with Gasteiger partial charge in [-0.15, -0.1) is 0 Å². The summed E-state index contributed by atoms with van der Waals surface area (Å²) in [6.45, 7) is 15.0. The number of carbonyl (C=O) groups excluding carboxylic acids is 4. The van der Waals surface area contributed by atoms with Crippen molar-refractivity contribution in [3.05, 3.63) is 71.8 Å². The van der Waals surface area contributed by atoms with Crippen molar-refractivity contribution in [1.82, 2.24) is 0 Å². The van der Waals surface area contributed by atoms with Crippen LogP contribution < -0.4 is 0 Å². The van der Waals surface area contributed by atoms with E-state index in [1.807, 2.05) is 64.1 Å². The highest BCUT2D eigenvalue weighted by atomic mass is 16.9. The Morgan fingerprint density at radius 3 is 1.60 bits per heavy atom. The van der Waals surface area contributed by atoms with Gasteiger partial charge in [-0.25, -0.2) is 0 Å². The molecule has 2 aromatic carbocycles. The van der Waals surface area contributed by atoms with Crippen molar-refractivity contribution in [2.75, 3.05) is 0 Å². The molecule has 0 bridgehead atoms. The fourth-order valence-electron chi connectivity index (χ4n) is 5.89. The lowest BCUT2D eigenvalue weighted by molar-refractivity contribution is -0.241. The topological polar surface area (TPSA) is 142 Å². The first-order valence-corrected chi connectivity index (χ1v) is 15.7. The molecule has 0 spiro atoms. The van der Waals surface area contributed by atoms with Crippen LogP contribution in [0.3, 0.4) is 0 Å². The molecular formula is C35H46O12. The average Bonchev–Trinajstić information content (AvgIpc) is 3.69. The quantitative estimate of drug-likeness (QED) is 0.379. The monoisotopic (exact) mass is 658 g/mol. The van der Waals surface area contributed by atoms with Gasteiger partial charge in [-0.3, -0.25) is 0 Å². The third kappa shape index (κ3) is 10.4. The third-order valence-corrected chi connectivity index (χ3v) is 8.12. The van der Waals surface area contributed by atoms with Gasteiger partial charge in [-0.1, -0.05) is 74.5 Å². The van der Waals surface area contributed by atoms with Gasteiger partial charge in [0.2, 0.25) is 0 Å². The lowest BCUT2D eigenvalue weighted by Crippen LogP contribution is -2.44. The summed E-state index contributed by atoms with van der Waals surface area (Å²) in [5.41, 5.74) is 1.93. The van der Waals surface area contributed by atoms with E-state index in [1.165, 1.54) is 0 Å². The van der Waals surface area contributed by atoms with Crippen LogP contribution in [0.1, 0.15) is 72.4 Å². The molecule has 4 saturated heterocycles. The van der Waals surface area contributed by atoms with Crippen molar-refractivity contribution in [2.45, 2.75) is 135 Å². The van der Waals surface area contributed by atoms with Crippen molar-refractivity contribution < 1.29 is 57.1 Å². The summed E-state index contributed by atoms with van der Waals surface area (Å²) in [7, 11) is 0. The number of hydrogen-bond acceptors (Lipinski definition) is 12. The van der Waals surface area contributed by atoms with E-state index >= 15 is 0 Å². The van der Waals surface area contributed by atoms with Crippen LogP contribution >= 0.6 is 0 Å². The second-order valence-corrected chi connectivity index (χ2v) is 12.4. The van der Waals surface area contributed by atoms with Gasteiger partial charge in [0, 0.05) is 0 Å². The summed E-state index contributed by atoms with van der Waals surface area (Å²) in [4.78, 5) is 32.5. The Hall–Kier alpha value is -3.12. The first kappa shape index (κ1) is 38.3. The van der Waals surface area contributed by atoms with Gasteiger partial charge in [-0.2, -0.15) is 19.2 Å². The molecule has 4 fully saturated rings. The van der Waals surface area contributed by atoms with Crippen LogP contribution in [0, 0.1) is 0 Å². The molecule has 6 rings (SSSR count). The number of ether oxygens (including phenoxy) is 8. The second-order valence-electron chi connectivity index (χ2n) is 12.4. The smallest absolute Gasteiger partial charge is 0.368 e. The molecule has 4 aliphatic rings. The Morgan fingerprint density at radius 1 is 0.638 bits per heavy atom. The Labute approximate surface area is 275 Å². The van der Waals surface area contributed by atoms with Crippen LogP contribution in [0.5, 0.6) is 0 Å². The molecule has 0 saturated carbocycles. The summed E-state index contributed by atoms with van der Waals surface area (Å²) >= 11 is 0. The molecule has 8 atom stereocenters. The zero-order valence-electron chi connectivity index (χ0n) is 28.0. The molecule has 47 heavy (non-hydrogen) atoms. The van der Waals surface area contributed by atoms with Crippen LogP contribution in [-0.4, -0.2) is 72.6 Å². The number of rotatable bonds is 8. The molecule has 2 unspecified atom stereocenters. The van der Waals surface area contributed by atoms with Gasteiger partial charge in [0.05, 0.1) is 24.9 Å². The molecule has 258 valence electrons. The minimum absolute atomic E-state index is 0.0322. The summed E-state index contributed by atoms with van der Waals surface area (Å²) in [6, 6.07) is 20.3. The first-order chi connectivity index (χ1) is 22.4. The maximum atomic E-state index is 8.12. The number of fused-ring (bicyclic) bond motifs is 2. The summed E-state index contributed by atoms with van der Waals surface area (Å²) in [5.74, 6) is -1.21. The maximum Gasteiger partial charge on any atom is 0.373 e. The summed E-state index contributed by atoms with van der Waals surface area (Å²) < 4.78 is 47.8. The molecule has 0 radical (unpaired) electrons. The minimum Gasteiger partial charge on any atom is -0.368 e. The van der Waals surface area contributed by atoms with Crippen molar-refractivity contribution in [3.63, 3.8) is 0 Å². The van der Waals surface area contributed by atoms with Gasteiger partial charge in [-0.05, 0) is 58.6 Å². The van der Waals surface area contributed by atoms with E-state index in [0.29, 0.717) is 13.2 Å². The highest BCUT2D eigenvalue weighted by molar-refractivity contribution is 5.20. The van der Waals surface area contributed by atoms with E-state index < -0.39 is 11.6 Å². The van der Waals surface area contributed by atoms with Gasteiger partial charge < -0.3 is 37.9 Å². The molecule has 0 aliphatic carbocycles. The van der Waals surface area contributed by atoms with Crippen molar-refractivity contribution in [1.29, 1.82) is 0 Å². The van der Waals surface area contributed by atoms with E-state index in [1.54, 1.807) is 0 Å². The highest BCUT2D eigenvalue weighted by Gasteiger charge is 2.60. The van der Waals surface area contributed by atoms with Crippen LogP contribution in [-0.2, 0) is 70.3 Å². The van der Waals surface area contributed by atoms with Crippen LogP contribution in [0.4, 0.5) is 0 Å². The van der Waals surface area contributed by atoms with E-state index in [4.69, 9.17) is 57.1 Å². The molecule has 12 nitrogen and oxygen atoms in total. The molecule has 12 heteroatoms. The molecular weight excluding hydrogens is 612 g/mol. The molecule has 2 aromatic rings. The van der Waals surface area contributed by atoms with Crippen molar-refractivity contribution >= 4 is 12.3 Å². The fourth-order valence-corrected chi connectivity index (χ4v) is 5.89. The van der Waals surface area contributed by atoms with Gasteiger partial charge in [0.25, 0.3) is 0 Å². The number of benzene rings is 2. The van der Waals surface area contributed by atoms with Crippen molar-refractivity contribution in [3.8, 4) is 0 Å². The largest absolute Gasteiger partial charge is 0.373 e. The lowest BCUT2D eigenvalue weighted by Gasteiger charge is -2.33. The van der Waals surface area contributed by atoms with E-state index in [9.17, 15) is 0 Å². The zero-order valence-corrected chi connectivity index (χ0v) is 28.0. The Kier molecular flexibility index (Phi) is 14.1. The van der Waals surface area contributed by atoms with Crippen LogP contribution in [0.15, 0.2) is 60.7 Å². The third-order valence-electron chi connectivity index (χ3n) is 8.12. The van der Waals surface area contributed by atoms with Crippen molar-refractivity contribution in [2.24, 2.45) is 0 Å². The summed E-state index contributed by atoms with van der Waals surface area (Å²) in [6.07, 6.45) is 1.10. The minimum atomic E-state index is -0.612. The Balaban J connectivity index is 0.000000219. The SMILES string of the molecule is CC[C@@]1(C)O[C@@H]2OC(C)(C)O[C@H]2C1OCc1ccccc1.CC[C@H]1O[C@@H]2OC(C)(C)O[C@H]2C1OCc1ccccc1.O=C=O.O=C=O. The van der Waals surface area contributed by atoms with Gasteiger partial charge >= 0.3 is 12.3 Å². The molecule has 4 aliphatic heterocycles. The van der Waals surface area contributed by atoms with E-state index in [-0.39, 0.29) is 61.0 Å². The maximum absolute atomic E-state index is 8.12. The molecule has 4 heterocycles. The second kappa shape index (κ2) is 17.3. The van der Waals surface area contributed by atoms with Gasteiger partial charge in [0.1, 0.15) is 24.4 Å². The predicted molar refractivity (Wildman–Crippen MR) is 163 cm³/mol. The molecule has 0 amide bonds. The number of hydrogen-bond donors (Lipinski definition) is 0. The Morgan fingerprint density at radius 2 is 1.11 bits per heavy atom. The first-order valence-electron chi connectivity index (χ1n) is 15.7. The van der Waals surface area contributed by atoms with Crippen LogP contribution in [0.2, 0.25) is 0 Å². The van der Waals surface area contributed by atoms with E-state index in [0.717, 1.165) is 24.0 Å². The zero-order chi connectivity index (χ0) is 34.7. The summed E-state index contributed by atoms with van der Waals surface area (Å²) in [5, 5.41) is 0. The average molecular weight is 659 g/mol. The normalized spacial score (nSPS) is 32.1. The van der Waals surface area contributed by atoms with Crippen LogP contribution in [0.25, 0.3) is 0 Å². The lowest BCUT2D eigenvalue weighted by atomic mass is 9.94. The van der Waals surface area contributed by atoms with E-state index in [2.05, 4.69) is 45.0 Å². The fraction of sp³-hybridized carbons (Fsp3) is 0.600. The van der Waals surface area contributed by atoms with Gasteiger partial charge in [0.15, 0.2) is 24.2 Å². The highest BCUT2D eigenvalue weighted by Crippen LogP contribution is 2.45. The predicted octanol–water partition coefficient (Wildman–Crippen LogP) is 4.94.